The summed E-state index contributed by atoms with van der Waals surface area (Å²) in [6, 6.07) is 1.55. The lowest BCUT2D eigenvalue weighted by atomic mass is 10.0. The number of carbonyl (C=O) groups is 1. The van der Waals surface area contributed by atoms with Gasteiger partial charge in [-0.3, -0.25) is 0 Å². The van der Waals surface area contributed by atoms with Crippen molar-refractivity contribution in [2.24, 2.45) is 0 Å². The predicted molar refractivity (Wildman–Crippen MR) is 107 cm³/mol. The Morgan fingerprint density at radius 3 is 2.08 bits per heavy atom. The predicted octanol–water partition coefficient (Wildman–Crippen LogP) is 7.21. The van der Waals surface area contributed by atoms with E-state index in [0.717, 1.165) is 57.1 Å². The number of hydrogen-bond acceptors (Lipinski definition) is 1. The van der Waals surface area contributed by atoms with Gasteiger partial charge in [-0.1, -0.05) is 44.6 Å². The van der Waals surface area contributed by atoms with E-state index in [1.54, 1.807) is 0 Å². The summed E-state index contributed by atoms with van der Waals surface area (Å²) >= 11 is 17.5. The third-order valence-electron chi connectivity index (χ3n) is 3.97. The van der Waals surface area contributed by atoms with Crippen LogP contribution in [0, 0.1) is 11.6 Å². The van der Waals surface area contributed by atoms with Gasteiger partial charge in [-0.05, 0) is 42.7 Å². The third-order valence-corrected chi connectivity index (χ3v) is 6.59. The molecule has 0 fully saturated rings. The summed E-state index contributed by atoms with van der Waals surface area (Å²) in [5.74, 6) is -2.97. The number of carboxylic acid groups (broad SMARTS) is 1. The van der Waals surface area contributed by atoms with Crippen LogP contribution >= 0.6 is 33.2 Å². The molecule has 146 valence electrons. The van der Waals surface area contributed by atoms with Gasteiger partial charge in [0.2, 0.25) is 0 Å². The van der Waals surface area contributed by atoms with Gasteiger partial charge in [0, 0.05) is 5.57 Å². The molecule has 0 saturated heterocycles. The number of carboxylic acids is 1. The minimum atomic E-state index is -2.49. The molecule has 8 heteroatoms. The lowest BCUT2D eigenvalue weighted by Gasteiger charge is -2.07. The molecule has 0 spiro atoms. The van der Waals surface area contributed by atoms with Crippen molar-refractivity contribution in [1.29, 1.82) is 0 Å². The van der Waals surface area contributed by atoms with E-state index in [1.165, 1.54) is 12.1 Å². The molecule has 0 heterocycles. The Bertz CT molecular complexity index is 619. The van der Waals surface area contributed by atoms with Gasteiger partial charge in [0.05, 0.1) is 0 Å². The summed E-state index contributed by atoms with van der Waals surface area (Å²) in [5, 5.41) is 9.26. The Hall–Kier alpha value is -0.623. The van der Waals surface area contributed by atoms with Gasteiger partial charge in [-0.2, -0.15) is 0 Å². The zero-order valence-corrected chi connectivity index (χ0v) is 17.7. The molecule has 1 rings (SSSR count). The SMILES string of the molecule is O=C(O)/C(=C/c1ccc(F)c(F)c1)CCCCCCCCC[Si](Cl)(Cl)Cl. The molecular formula is C18H23Cl3F2O2Si. The van der Waals surface area contributed by atoms with Gasteiger partial charge in [0.15, 0.2) is 11.6 Å². The Morgan fingerprint density at radius 1 is 0.962 bits per heavy atom. The smallest absolute Gasteiger partial charge is 0.341 e. The monoisotopic (exact) mass is 442 g/mol. The molecule has 0 unspecified atom stereocenters. The maximum Gasteiger partial charge on any atom is 0.341 e. The van der Waals surface area contributed by atoms with E-state index >= 15 is 0 Å². The van der Waals surface area contributed by atoms with Gasteiger partial charge in [0.1, 0.15) is 0 Å². The van der Waals surface area contributed by atoms with Crippen molar-refractivity contribution >= 4 is 51.3 Å². The van der Waals surface area contributed by atoms with Crippen LogP contribution in [0.2, 0.25) is 6.04 Å². The second-order valence-electron chi connectivity index (χ2n) is 6.24. The summed E-state index contributed by atoms with van der Waals surface area (Å²) in [6.07, 6.45) is 8.58. The Labute approximate surface area is 168 Å². The Kier molecular flexibility index (Phi) is 10.8. The van der Waals surface area contributed by atoms with Crippen LogP contribution in [0.1, 0.15) is 56.9 Å². The molecule has 0 aliphatic carbocycles. The minimum Gasteiger partial charge on any atom is -0.478 e. The van der Waals surface area contributed by atoms with Crippen molar-refractivity contribution in [3.63, 3.8) is 0 Å². The fourth-order valence-corrected chi connectivity index (χ4v) is 4.42. The summed E-state index contributed by atoms with van der Waals surface area (Å²) in [4.78, 5) is 11.3. The number of halogens is 5. The van der Waals surface area contributed by atoms with Crippen LogP contribution in [-0.4, -0.2) is 17.1 Å². The van der Waals surface area contributed by atoms with E-state index < -0.39 is 23.6 Å². The van der Waals surface area contributed by atoms with Crippen LogP contribution in [0.3, 0.4) is 0 Å². The first-order valence-electron chi connectivity index (χ1n) is 8.65. The molecule has 0 aliphatic rings. The standard InChI is InChI=1S/C18H23Cl3F2O2Si/c19-26(20,21)11-7-5-3-1-2-4-6-8-15(18(24)25)12-14-9-10-16(22)17(23)13-14/h9-10,12-13H,1-8,11H2,(H,24,25)/b15-12+. The number of unbranched alkanes of at least 4 members (excludes halogenated alkanes) is 6. The fraction of sp³-hybridized carbons (Fsp3) is 0.500. The molecule has 0 radical (unpaired) electrons. The highest BCUT2D eigenvalue weighted by atomic mass is 35.8. The molecule has 0 atom stereocenters. The summed E-state index contributed by atoms with van der Waals surface area (Å²) in [5.41, 5.74) is 0.544. The first kappa shape index (κ1) is 23.4. The molecule has 0 bridgehead atoms. The van der Waals surface area contributed by atoms with Crippen LogP contribution in [0.5, 0.6) is 0 Å². The van der Waals surface area contributed by atoms with E-state index in [0.29, 0.717) is 18.0 Å². The molecule has 0 aromatic heterocycles. The van der Waals surface area contributed by atoms with Crippen LogP contribution < -0.4 is 0 Å². The Balaban J connectivity index is 2.29. The van der Waals surface area contributed by atoms with Crippen LogP contribution in [0.25, 0.3) is 6.08 Å². The van der Waals surface area contributed by atoms with Crippen molar-refractivity contribution in [2.45, 2.75) is 57.4 Å². The fourth-order valence-electron chi connectivity index (χ4n) is 2.57. The van der Waals surface area contributed by atoms with Crippen molar-refractivity contribution in [2.75, 3.05) is 0 Å². The molecule has 2 nitrogen and oxygen atoms in total. The van der Waals surface area contributed by atoms with E-state index in [1.807, 2.05) is 0 Å². The molecule has 0 amide bonds. The van der Waals surface area contributed by atoms with Crippen molar-refractivity contribution < 1.29 is 18.7 Å². The van der Waals surface area contributed by atoms with E-state index in [2.05, 4.69) is 0 Å². The van der Waals surface area contributed by atoms with Crippen LogP contribution in [-0.2, 0) is 4.79 Å². The van der Waals surface area contributed by atoms with Crippen LogP contribution in [0.4, 0.5) is 8.78 Å². The normalized spacial score (nSPS) is 12.4. The second-order valence-corrected chi connectivity index (χ2v) is 15.5. The average molecular weight is 444 g/mol. The first-order valence-corrected chi connectivity index (χ1v) is 13.9. The lowest BCUT2D eigenvalue weighted by molar-refractivity contribution is -0.132. The summed E-state index contributed by atoms with van der Waals surface area (Å²) in [7, 11) is 0. The van der Waals surface area contributed by atoms with Gasteiger partial charge in [-0.15, -0.1) is 33.2 Å². The van der Waals surface area contributed by atoms with Crippen molar-refractivity contribution in [3.05, 3.63) is 41.0 Å². The Morgan fingerprint density at radius 2 is 1.54 bits per heavy atom. The highest BCUT2D eigenvalue weighted by Gasteiger charge is 2.23. The maximum atomic E-state index is 13.2. The lowest BCUT2D eigenvalue weighted by Crippen LogP contribution is -2.07. The number of benzene rings is 1. The first-order chi connectivity index (χ1) is 12.2. The quantitative estimate of drug-likeness (QED) is 0.160. The average Bonchev–Trinajstić information content (AvgIpc) is 2.54. The second kappa shape index (κ2) is 12.0. The van der Waals surface area contributed by atoms with Gasteiger partial charge >= 0.3 is 12.0 Å². The van der Waals surface area contributed by atoms with E-state index in [9.17, 15) is 18.7 Å². The third kappa shape index (κ3) is 10.5. The van der Waals surface area contributed by atoms with Gasteiger partial charge in [0.25, 0.3) is 0 Å². The van der Waals surface area contributed by atoms with E-state index in [-0.39, 0.29) is 5.57 Å². The highest BCUT2D eigenvalue weighted by molar-refractivity contribution is 7.64. The van der Waals surface area contributed by atoms with Crippen molar-refractivity contribution in [1.82, 2.24) is 0 Å². The number of hydrogen-bond donors (Lipinski definition) is 1. The molecule has 0 saturated carbocycles. The minimum absolute atomic E-state index is 0.198. The van der Waals surface area contributed by atoms with Crippen molar-refractivity contribution in [3.8, 4) is 0 Å². The topological polar surface area (TPSA) is 37.3 Å². The summed E-state index contributed by atoms with van der Waals surface area (Å²) < 4.78 is 26.1. The van der Waals surface area contributed by atoms with Crippen LogP contribution in [0.15, 0.2) is 23.8 Å². The van der Waals surface area contributed by atoms with Gasteiger partial charge in [-0.25, -0.2) is 13.6 Å². The molecule has 1 aromatic carbocycles. The van der Waals surface area contributed by atoms with E-state index in [4.69, 9.17) is 33.2 Å². The molecule has 1 N–H and O–H groups in total. The van der Waals surface area contributed by atoms with Gasteiger partial charge < -0.3 is 5.11 Å². The zero-order chi connectivity index (χ0) is 19.6. The largest absolute Gasteiger partial charge is 0.478 e. The summed E-state index contributed by atoms with van der Waals surface area (Å²) in [6.45, 7) is 0. The molecule has 1 aromatic rings. The maximum absolute atomic E-state index is 13.2. The molecular weight excluding hydrogens is 421 g/mol. The zero-order valence-electron chi connectivity index (χ0n) is 14.4. The highest BCUT2D eigenvalue weighted by Crippen LogP contribution is 2.27. The number of rotatable bonds is 12. The molecule has 0 aliphatic heterocycles. The molecule has 26 heavy (non-hydrogen) atoms. The number of aliphatic carboxylic acids is 1.